The summed E-state index contributed by atoms with van der Waals surface area (Å²) in [5.74, 6) is -1.60. The van der Waals surface area contributed by atoms with Crippen molar-refractivity contribution in [3.05, 3.63) is 52.3 Å². The Hall–Kier alpha value is -1.73. The molecule has 0 N–H and O–H groups in total. The van der Waals surface area contributed by atoms with Gasteiger partial charge in [-0.15, -0.1) is 11.8 Å². The summed E-state index contributed by atoms with van der Waals surface area (Å²) in [5, 5.41) is -0.688. The SMILES string of the molecule is Cc1cc(Cl)nc(N2C(=O)CSC2c2c(F)cccc2F)n1. The van der Waals surface area contributed by atoms with Gasteiger partial charge in [0.05, 0.1) is 11.3 Å². The van der Waals surface area contributed by atoms with E-state index < -0.39 is 17.0 Å². The number of halogens is 3. The van der Waals surface area contributed by atoms with E-state index in [1.807, 2.05) is 0 Å². The van der Waals surface area contributed by atoms with Gasteiger partial charge in [-0.1, -0.05) is 17.7 Å². The van der Waals surface area contributed by atoms with E-state index in [9.17, 15) is 13.6 Å². The second kappa shape index (κ2) is 5.81. The fraction of sp³-hybridized carbons (Fsp3) is 0.214. The van der Waals surface area contributed by atoms with Gasteiger partial charge in [-0.2, -0.15) is 0 Å². The zero-order valence-electron chi connectivity index (χ0n) is 11.4. The van der Waals surface area contributed by atoms with Crippen LogP contribution in [0.25, 0.3) is 0 Å². The summed E-state index contributed by atoms with van der Waals surface area (Å²) in [6, 6.07) is 5.13. The predicted molar refractivity (Wildman–Crippen MR) is 80.8 cm³/mol. The van der Waals surface area contributed by atoms with Crippen molar-refractivity contribution in [1.82, 2.24) is 9.97 Å². The predicted octanol–water partition coefficient (Wildman–Crippen LogP) is 3.50. The number of thioether (sulfide) groups is 1. The number of nitrogens with zero attached hydrogens (tertiary/aromatic N) is 3. The van der Waals surface area contributed by atoms with Crippen LogP contribution < -0.4 is 4.90 Å². The molecule has 2 heterocycles. The normalized spacial score (nSPS) is 18.1. The van der Waals surface area contributed by atoms with E-state index >= 15 is 0 Å². The molecule has 3 rings (SSSR count). The second-order valence-corrected chi connectivity index (χ2v) is 6.15. The molecule has 22 heavy (non-hydrogen) atoms. The number of amides is 1. The fourth-order valence-corrected chi connectivity index (χ4v) is 3.65. The summed E-state index contributed by atoms with van der Waals surface area (Å²) in [5.41, 5.74) is 0.382. The molecule has 1 amide bonds. The number of carbonyl (C=O) groups excluding carboxylic acids is 1. The zero-order chi connectivity index (χ0) is 15.9. The lowest BCUT2D eigenvalue weighted by Gasteiger charge is -2.23. The fourth-order valence-electron chi connectivity index (χ4n) is 2.22. The van der Waals surface area contributed by atoms with Gasteiger partial charge >= 0.3 is 0 Å². The summed E-state index contributed by atoms with van der Waals surface area (Å²) in [4.78, 5) is 21.5. The third kappa shape index (κ3) is 2.66. The topological polar surface area (TPSA) is 46.1 Å². The molecule has 8 heteroatoms. The average molecular weight is 342 g/mol. The first-order valence-corrected chi connectivity index (χ1v) is 7.79. The van der Waals surface area contributed by atoms with Gasteiger partial charge in [-0.05, 0) is 25.1 Å². The molecule has 1 fully saturated rings. The van der Waals surface area contributed by atoms with Crippen LogP contribution in [-0.2, 0) is 4.79 Å². The minimum atomic E-state index is -0.855. The molecule has 1 saturated heterocycles. The van der Waals surface area contributed by atoms with Gasteiger partial charge in [-0.25, -0.2) is 18.7 Å². The number of hydrogen-bond donors (Lipinski definition) is 0. The molecule has 114 valence electrons. The van der Waals surface area contributed by atoms with Crippen molar-refractivity contribution in [1.29, 1.82) is 0 Å². The largest absolute Gasteiger partial charge is 0.273 e. The molecule has 0 saturated carbocycles. The number of hydrogen-bond acceptors (Lipinski definition) is 4. The Morgan fingerprint density at radius 2 is 2.00 bits per heavy atom. The highest BCUT2D eigenvalue weighted by Gasteiger charge is 2.39. The molecule has 0 spiro atoms. The first-order valence-electron chi connectivity index (χ1n) is 6.36. The maximum absolute atomic E-state index is 14.0. The van der Waals surface area contributed by atoms with E-state index in [0.717, 1.165) is 23.9 Å². The van der Waals surface area contributed by atoms with Gasteiger partial charge in [0.25, 0.3) is 0 Å². The molecule has 1 aliphatic rings. The van der Waals surface area contributed by atoms with Crippen molar-refractivity contribution in [2.75, 3.05) is 10.7 Å². The number of aryl methyl sites for hydroxylation is 1. The summed E-state index contributed by atoms with van der Waals surface area (Å²) >= 11 is 7.01. The molecule has 1 aliphatic heterocycles. The van der Waals surface area contributed by atoms with Crippen LogP contribution in [0.2, 0.25) is 5.15 Å². The summed E-state index contributed by atoms with van der Waals surface area (Å²) in [6.07, 6.45) is 0. The van der Waals surface area contributed by atoms with Crippen molar-refractivity contribution in [3.8, 4) is 0 Å². The first kappa shape index (κ1) is 15.2. The van der Waals surface area contributed by atoms with Crippen LogP contribution in [0.1, 0.15) is 16.6 Å². The summed E-state index contributed by atoms with van der Waals surface area (Å²) < 4.78 is 28.0. The molecule has 1 unspecified atom stereocenters. The van der Waals surface area contributed by atoms with Crippen LogP contribution in [0.4, 0.5) is 14.7 Å². The third-order valence-corrected chi connectivity index (χ3v) is 4.51. The Balaban J connectivity index is 2.10. The van der Waals surface area contributed by atoms with Gasteiger partial charge in [0.1, 0.15) is 22.2 Å². The smallest absolute Gasteiger partial charge is 0.240 e. The number of rotatable bonds is 2. The van der Waals surface area contributed by atoms with Gasteiger partial charge in [0.15, 0.2) is 0 Å². The van der Waals surface area contributed by atoms with Crippen molar-refractivity contribution < 1.29 is 13.6 Å². The zero-order valence-corrected chi connectivity index (χ0v) is 13.0. The van der Waals surface area contributed by atoms with Crippen LogP contribution in [-0.4, -0.2) is 21.6 Å². The first-order chi connectivity index (χ1) is 10.5. The molecule has 0 radical (unpaired) electrons. The minimum Gasteiger partial charge on any atom is -0.273 e. The lowest BCUT2D eigenvalue weighted by atomic mass is 10.2. The highest BCUT2D eigenvalue weighted by molar-refractivity contribution is 8.00. The van der Waals surface area contributed by atoms with Gasteiger partial charge < -0.3 is 0 Å². The lowest BCUT2D eigenvalue weighted by Crippen LogP contribution is -2.30. The molecule has 1 aromatic heterocycles. The Morgan fingerprint density at radius 1 is 1.32 bits per heavy atom. The molecule has 1 atom stereocenters. The van der Waals surface area contributed by atoms with Crippen molar-refractivity contribution in [2.45, 2.75) is 12.3 Å². The minimum absolute atomic E-state index is 0.0488. The maximum atomic E-state index is 14.0. The average Bonchev–Trinajstić information content (AvgIpc) is 2.79. The molecule has 1 aromatic carbocycles. The lowest BCUT2D eigenvalue weighted by molar-refractivity contribution is -0.115. The van der Waals surface area contributed by atoms with Crippen molar-refractivity contribution >= 4 is 35.2 Å². The Bertz CT molecular complexity index is 718. The van der Waals surface area contributed by atoms with Crippen LogP contribution in [0.15, 0.2) is 24.3 Å². The van der Waals surface area contributed by atoms with E-state index in [1.54, 1.807) is 6.92 Å². The van der Waals surface area contributed by atoms with Crippen molar-refractivity contribution in [3.63, 3.8) is 0 Å². The number of aromatic nitrogens is 2. The van der Waals surface area contributed by atoms with E-state index in [1.165, 1.54) is 17.0 Å². The molecular formula is C14H10ClF2N3OS. The Labute approximate surface area is 134 Å². The highest BCUT2D eigenvalue weighted by Crippen LogP contribution is 2.42. The van der Waals surface area contributed by atoms with E-state index in [2.05, 4.69) is 9.97 Å². The third-order valence-electron chi connectivity index (χ3n) is 3.14. The molecular weight excluding hydrogens is 332 g/mol. The number of anilines is 1. The Kier molecular flexibility index (Phi) is 4.01. The van der Waals surface area contributed by atoms with Gasteiger partial charge in [-0.3, -0.25) is 9.69 Å². The molecule has 2 aromatic rings. The summed E-state index contributed by atoms with van der Waals surface area (Å²) in [7, 11) is 0. The second-order valence-electron chi connectivity index (χ2n) is 4.69. The quantitative estimate of drug-likeness (QED) is 0.784. The molecule has 0 aliphatic carbocycles. The number of carbonyl (C=O) groups is 1. The molecule has 0 bridgehead atoms. The van der Waals surface area contributed by atoms with E-state index in [0.29, 0.717) is 5.69 Å². The molecule has 4 nitrogen and oxygen atoms in total. The van der Waals surface area contributed by atoms with Crippen LogP contribution in [0.5, 0.6) is 0 Å². The highest BCUT2D eigenvalue weighted by atomic mass is 35.5. The van der Waals surface area contributed by atoms with Crippen LogP contribution in [0.3, 0.4) is 0 Å². The van der Waals surface area contributed by atoms with Crippen LogP contribution >= 0.6 is 23.4 Å². The van der Waals surface area contributed by atoms with Crippen LogP contribution in [0, 0.1) is 18.6 Å². The standard InChI is InChI=1S/C14H10ClF2N3OS/c1-7-5-10(15)19-14(18-7)20-11(21)6-22-13(20)12-8(16)3-2-4-9(12)17/h2-5,13H,6H2,1H3. The number of benzene rings is 1. The Morgan fingerprint density at radius 3 is 2.64 bits per heavy atom. The maximum Gasteiger partial charge on any atom is 0.240 e. The van der Waals surface area contributed by atoms with E-state index in [4.69, 9.17) is 11.6 Å². The van der Waals surface area contributed by atoms with E-state index in [-0.39, 0.29) is 28.3 Å². The summed E-state index contributed by atoms with van der Waals surface area (Å²) in [6.45, 7) is 1.70. The van der Waals surface area contributed by atoms with Crippen molar-refractivity contribution in [2.24, 2.45) is 0 Å². The van der Waals surface area contributed by atoms with Gasteiger partial charge in [0.2, 0.25) is 11.9 Å². The van der Waals surface area contributed by atoms with Gasteiger partial charge in [0, 0.05) is 5.69 Å². The monoisotopic (exact) mass is 341 g/mol.